The van der Waals surface area contributed by atoms with Gasteiger partial charge in [0.1, 0.15) is 5.82 Å². The van der Waals surface area contributed by atoms with Gasteiger partial charge in [-0.3, -0.25) is 9.80 Å². The van der Waals surface area contributed by atoms with Gasteiger partial charge in [0.2, 0.25) is 0 Å². The number of aromatic carboxylic acids is 1. The van der Waals surface area contributed by atoms with E-state index >= 15 is 0 Å². The number of piperazine rings is 1. The zero-order valence-corrected chi connectivity index (χ0v) is 19.3. The molecule has 4 nitrogen and oxygen atoms in total. The summed E-state index contributed by atoms with van der Waals surface area (Å²) < 4.78 is 14.4. The van der Waals surface area contributed by atoms with E-state index in [1.54, 1.807) is 12.1 Å². The Bertz CT molecular complexity index is 976. The van der Waals surface area contributed by atoms with E-state index in [-0.39, 0.29) is 11.6 Å². The SMILES string of the molecule is C[C@H]1CN(Cc2cc(F)c(C(=O)O)cc2C2CC2)CCN1[C@@H](C)c1cc(Cl)cc(Cl)c1. The lowest BCUT2D eigenvalue weighted by atomic mass is 9.98. The Hall–Kier alpha value is -1.66. The summed E-state index contributed by atoms with van der Waals surface area (Å²) in [6, 6.07) is 9.14. The van der Waals surface area contributed by atoms with E-state index < -0.39 is 11.8 Å². The summed E-state index contributed by atoms with van der Waals surface area (Å²) in [6.45, 7) is 7.59. The number of hydrogen-bond donors (Lipinski definition) is 1. The van der Waals surface area contributed by atoms with Crippen LogP contribution in [0.5, 0.6) is 0 Å². The van der Waals surface area contributed by atoms with Crippen LogP contribution in [0.3, 0.4) is 0 Å². The fourth-order valence-corrected chi connectivity index (χ4v) is 5.26. The maximum Gasteiger partial charge on any atom is 0.338 e. The summed E-state index contributed by atoms with van der Waals surface area (Å²) in [4.78, 5) is 16.1. The highest BCUT2D eigenvalue weighted by Gasteiger charge is 2.31. The molecule has 1 heterocycles. The molecule has 2 aromatic rings. The van der Waals surface area contributed by atoms with Crippen molar-refractivity contribution in [2.24, 2.45) is 0 Å². The van der Waals surface area contributed by atoms with Gasteiger partial charge in [-0.25, -0.2) is 9.18 Å². The van der Waals surface area contributed by atoms with Crippen molar-refractivity contribution in [2.45, 2.75) is 51.2 Å². The van der Waals surface area contributed by atoms with Crippen molar-refractivity contribution >= 4 is 29.2 Å². The lowest BCUT2D eigenvalue weighted by molar-refractivity contribution is 0.0503. The molecule has 0 amide bonds. The quantitative estimate of drug-likeness (QED) is 0.571. The topological polar surface area (TPSA) is 43.8 Å². The van der Waals surface area contributed by atoms with Gasteiger partial charge in [-0.05, 0) is 79.6 Å². The molecule has 1 saturated heterocycles. The first-order chi connectivity index (χ1) is 14.7. The van der Waals surface area contributed by atoms with E-state index in [0.29, 0.717) is 28.5 Å². The molecule has 2 fully saturated rings. The van der Waals surface area contributed by atoms with Crippen LogP contribution in [0.4, 0.5) is 4.39 Å². The minimum Gasteiger partial charge on any atom is -0.478 e. The number of rotatable bonds is 6. The van der Waals surface area contributed by atoms with E-state index in [1.165, 1.54) is 6.07 Å². The van der Waals surface area contributed by atoms with Crippen LogP contribution in [-0.2, 0) is 6.54 Å². The van der Waals surface area contributed by atoms with Gasteiger partial charge < -0.3 is 5.11 Å². The van der Waals surface area contributed by atoms with Crippen LogP contribution >= 0.6 is 23.2 Å². The summed E-state index contributed by atoms with van der Waals surface area (Å²) in [5.74, 6) is -1.49. The highest BCUT2D eigenvalue weighted by atomic mass is 35.5. The Labute approximate surface area is 192 Å². The van der Waals surface area contributed by atoms with Gasteiger partial charge in [-0.2, -0.15) is 0 Å². The number of carboxylic acids is 1. The second kappa shape index (κ2) is 9.07. The fourth-order valence-electron chi connectivity index (χ4n) is 4.72. The molecular weight excluding hydrogens is 438 g/mol. The second-order valence-corrected chi connectivity index (χ2v) is 9.68. The van der Waals surface area contributed by atoms with Gasteiger partial charge in [0.15, 0.2) is 0 Å². The lowest BCUT2D eigenvalue weighted by Crippen LogP contribution is -2.52. The first-order valence-electron chi connectivity index (χ1n) is 10.7. The zero-order valence-electron chi connectivity index (χ0n) is 17.7. The molecule has 1 saturated carbocycles. The Morgan fingerprint density at radius 2 is 1.84 bits per heavy atom. The standard InChI is InChI=1S/C24H27Cl2FN2O2/c1-14-12-28(5-6-29(14)15(2)17-7-19(25)10-20(26)8-17)13-18-9-23(27)22(24(30)31)11-21(18)16-3-4-16/h7-11,14-16H,3-6,12-13H2,1-2H3,(H,30,31)/t14-,15-/m0/s1. The first kappa shape index (κ1) is 22.5. The molecule has 166 valence electrons. The third-order valence-corrected chi connectivity index (χ3v) is 6.93. The highest BCUT2D eigenvalue weighted by molar-refractivity contribution is 6.34. The van der Waals surface area contributed by atoms with Crippen LogP contribution in [0.2, 0.25) is 10.0 Å². The van der Waals surface area contributed by atoms with Crippen molar-refractivity contribution in [1.82, 2.24) is 9.80 Å². The molecule has 1 aliphatic carbocycles. The molecule has 4 rings (SSSR count). The van der Waals surface area contributed by atoms with Gasteiger partial charge in [-0.1, -0.05) is 23.2 Å². The molecule has 31 heavy (non-hydrogen) atoms. The molecule has 0 bridgehead atoms. The van der Waals surface area contributed by atoms with Crippen molar-refractivity contribution < 1.29 is 14.3 Å². The van der Waals surface area contributed by atoms with Crippen LogP contribution < -0.4 is 0 Å². The molecule has 2 atom stereocenters. The molecule has 2 aromatic carbocycles. The van der Waals surface area contributed by atoms with Gasteiger partial charge in [0, 0.05) is 48.3 Å². The van der Waals surface area contributed by atoms with Crippen molar-refractivity contribution in [3.63, 3.8) is 0 Å². The minimum absolute atomic E-state index is 0.183. The molecule has 0 radical (unpaired) electrons. The molecule has 0 aromatic heterocycles. The summed E-state index contributed by atoms with van der Waals surface area (Å²) in [5.41, 5.74) is 2.79. The summed E-state index contributed by atoms with van der Waals surface area (Å²) in [5, 5.41) is 10.6. The molecule has 1 N–H and O–H groups in total. The van der Waals surface area contributed by atoms with Crippen molar-refractivity contribution in [2.75, 3.05) is 19.6 Å². The van der Waals surface area contributed by atoms with Crippen molar-refractivity contribution in [3.8, 4) is 0 Å². The maximum atomic E-state index is 14.4. The Morgan fingerprint density at radius 1 is 1.16 bits per heavy atom. The van der Waals surface area contributed by atoms with Crippen LogP contribution in [0.1, 0.15) is 65.7 Å². The van der Waals surface area contributed by atoms with Crippen LogP contribution in [0.25, 0.3) is 0 Å². The fraction of sp³-hybridized carbons (Fsp3) is 0.458. The number of halogens is 3. The average molecular weight is 465 g/mol. The van der Waals surface area contributed by atoms with Crippen molar-refractivity contribution in [3.05, 3.63) is 68.4 Å². The molecular formula is C24H27Cl2FN2O2. The van der Waals surface area contributed by atoms with Crippen LogP contribution in [0, 0.1) is 5.82 Å². The predicted octanol–water partition coefficient (Wildman–Crippen LogP) is 5.98. The number of carboxylic acid groups (broad SMARTS) is 1. The molecule has 0 unspecified atom stereocenters. The predicted molar refractivity (Wildman–Crippen MR) is 122 cm³/mol. The van der Waals surface area contributed by atoms with E-state index in [1.807, 2.05) is 12.1 Å². The normalized spacial score (nSPS) is 21.3. The number of nitrogens with zero attached hydrogens (tertiary/aromatic N) is 2. The minimum atomic E-state index is -1.21. The van der Waals surface area contributed by atoms with Gasteiger partial charge in [0.05, 0.1) is 5.56 Å². The molecule has 7 heteroatoms. The number of hydrogen-bond acceptors (Lipinski definition) is 3. The third-order valence-electron chi connectivity index (χ3n) is 6.50. The first-order valence-corrected chi connectivity index (χ1v) is 11.5. The van der Waals surface area contributed by atoms with E-state index in [0.717, 1.165) is 49.2 Å². The van der Waals surface area contributed by atoms with Crippen molar-refractivity contribution in [1.29, 1.82) is 0 Å². The summed E-state index contributed by atoms with van der Waals surface area (Å²) in [6.07, 6.45) is 2.09. The van der Waals surface area contributed by atoms with Crippen LogP contribution in [-0.4, -0.2) is 46.6 Å². The molecule has 0 spiro atoms. The smallest absolute Gasteiger partial charge is 0.338 e. The largest absolute Gasteiger partial charge is 0.478 e. The second-order valence-electron chi connectivity index (χ2n) is 8.81. The molecule has 2 aliphatic rings. The van der Waals surface area contributed by atoms with E-state index in [9.17, 15) is 14.3 Å². The van der Waals surface area contributed by atoms with Gasteiger partial charge in [0.25, 0.3) is 0 Å². The summed E-state index contributed by atoms with van der Waals surface area (Å²) >= 11 is 12.4. The molecule has 1 aliphatic heterocycles. The maximum absolute atomic E-state index is 14.4. The third kappa shape index (κ3) is 5.06. The summed E-state index contributed by atoms with van der Waals surface area (Å²) in [7, 11) is 0. The van der Waals surface area contributed by atoms with Gasteiger partial charge >= 0.3 is 5.97 Å². The number of carbonyl (C=O) groups is 1. The lowest BCUT2D eigenvalue weighted by Gasteiger charge is -2.43. The highest BCUT2D eigenvalue weighted by Crippen LogP contribution is 2.43. The van der Waals surface area contributed by atoms with Gasteiger partial charge in [-0.15, -0.1) is 0 Å². The Kier molecular flexibility index (Phi) is 6.59. The van der Waals surface area contributed by atoms with Crippen LogP contribution in [0.15, 0.2) is 30.3 Å². The average Bonchev–Trinajstić information content (AvgIpc) is 3.52. The van der Waals surface area contributed by atoms with E-state index in [2.05, 4.69) is 23.6 Å². The Balaban J connectivity index is 1.47. The van der Waals surface area contributed by atoms with E-state index in [4.69, 9.17) is 23.2 Å². The number of benzene rings is 2. The monoisotopic (exact) mass is 464 g/mol. The zero-order chi connectivity index (χ0) is 22.3. The Morgan fingerprint density at radius 3 is 2.42 bits per heavy atom.